The number of nitrogens with one attached hydrogen (secondary N) is 1. The van der Waals surface area contributed by atoms with E-state index in [1.165, 1.54) is 24.3 Å². The number of ether oxygens (including phenoxy) is 1. The lowest BCUT2D eigenvalue weighted by molar-refractivity contribution is -0.115. The SMILES string of the molecule is O=C1Cc2cc(-c3cnc(Oc4ccc(F)cc4)nc3)ccc2N1. The molecule has 24 heavy (non-hydrogen) atoms. The summed E-state index contributed by atoms with van der Waals surface area (Å²) in [4.78, 5) is 19.8. The molecule has 0 fully saturated rings. The first kappa shape index (κ1) is 14.3. The number of anilines is 1. The molecule has 4 rings (SSSR count). The van der Waals surface area contributed by atoms with Crippen LogP contribution in [-0.4, -0.2) is 15.9 Å². The molecular formula is C18H12FN3O2. The van der Waals surface area contributed by atoms with Crippen LogP contribution in [0.4, 0.5) is 10.1 Å². The maximum atomic E-state index is 12.9. The molecule has 2 aromatic carbocycles. The molecule has 0 unspecified atom stereocenters. The van der Waals surface area contributed by atoms with Crippen molar-refractivity contribution in [3.8, 4) is 22.9 Å². The van der Waals surface area contributed by atoms with Gasteiger partial charge in [-0.05, 0) is 47.5 Å². The van der Waals surface area contributed by atoms with E-state index in [9.17, 15) is 9.18 Å². The van der Waals surface area contributed by atoms with E-state index in [1.54, 1.807) is 12.4 Å². The lowest BCUT2D eigenvalue weighted by atomic mass is 10.0. The number of hydrogen-bond donors (Lipinski definition) is 1. The van der Waals surface area contributed by atoms with E-state index >= 15 is 0 Å². The van der Waals surface area contributed by atoms with Gasteiger partial charge in [0.1, 0.15) is 11.6 Å². The van der Waals surface area contributed by atoms with Crippen molar-refractivity contribution in [2.45, 2.75) is 6.42 Å². The number of amides is 1. The largest absolute Gasteiger partial charge is 0.424 e. The Bertz CT molecular complexity index is 909. The standard InChI is InChI=1S/C18H12FN3O2/c19-14-2-4-15(5-3-14)24-18-20-9-13(10-21-18)11-1-6-16-12(7-11)8-17(23)22-16/h1-7,9-10H,8H2,(H,22,23). The first-order valence-electron chi connectivity index (χ1n) is 7.36. The molecule has 118 valence electrons. The Labute approximate surface area is 137 Å². The van der Waals surface area contributed by atoms with E-state index in [4.69, 9.17) is 4.74 Å². The fourth-order valence-corrected chi connectivity index (χ4v) is 2.53. The topological polar surface area (TPSA) is 64.1 Å². The average molecular weight is 321 g/mol. The van der Waals surface area contributed by atoms with E-state index in [2.05, 4.69) is 15.3 Å². The van der Waals surface area contributed by atoms with Gasteiger partial charge in [0.15, 0.2) is 0 Å². The molecular weight excluding hydrogens is 309 g/mol. The fourth-order valence-electron chi connectivity index (χ4n) is 2.53. The van der Waals surface area contributed by atoms with Crippen LogP contribution in [0.3, 0.4) is 0 Å². The van der Waals surface area contributed by atoms with E-state index in [0.29, 0.717) is 12.2 Å². The second kappa shape index (κ2) is 5.73. The number of halogens is 1. The number of benzene rings is 2. The number of rotatable bonds is 3. The zero-order valence-corrected chi connectivity index (χ0v) is 12.5. The predicted molar refractivity (Wildman–Crippen MR) is 86.3 cm³/mol. The van der Waals surface area contributed by atoms with Crippen LogP contribution in [0.15, 0.2) is 54.9 Å². The Morgan fingerprint density at radius 2 is 1.75 bits per heavy atom. The summed E-state index contributed by atoms with van der Waals surface area (Å²) in [5.41, 5.74) is 3.56. The van der Waals surface area contributed by atoms with Crippen molar-refractivity contribution in [3.05, 3.63) is 66.2 Å². The summed E-state index contributed by atoms with van der Waals surface area (Å²) in [6.07, 6.45) is 3.69. The second-order valence-electron chi connectivity index (χ2n) is 5.41. The lowest BCUT2D eigenvalue weighted by Gasteiger charge is -2.06. The van der Waals surface area contributed by atoms with Gasteiger partial charge < -0.3 is 10.1 Å². The van der Waals surface area contributed by atoms with Gasteiger partial charge >= 0.3 is 6.01 Å². The zero-order chi connectivity index (χ0) is 16.5. The van der Waals surface area contributed by atoms with Crippen molar-refractivity contribution in [2.24, 2.45) is 0 Å². The minimum absolute atomic E-state index is 0.00134. The van der Waals surface area contributed by atoms with Crippen LogP contribution >= 0.6 is 0 Å². The quantitative estimate of drug-likeness (QED) is 0.801. The molecule has 1 amide bonds. The van der Waals surface area contributed by atoms with E-state index in [1.807, 2.05) is 18.2 Å². The second-order valence-corrected chi connectivity index (χ2v) is 5.41. The van der Waals surface area contributed by atoms with Gasteiger partial charge in [0, 0.05) is 23.6 Å². The molecule has 1 aliphatic rings. The third kappa shape index (κ3) is 2.81. The van der Waals surface area contributed by atoms with Crippen LogP contribution in [0.1, 0.15) is 5.56 Å². The van der Waals surface area contributed by atoms with Gasteiger partial charge in [-0.15, -0.1) is 0 Å². The van der Waals surface area contributed by atoms with Crippen molar-refractivity contribution in [3.63, 3.8) is 0 Å². The van der Waals surface area contributed by atoms with E-state index < -0.39 is 0 Å². The molecule has 0 spiro atoms. The van der Waals surface area contributed by atoms with Crippen molar-refractivity contribution in [2.75, 3.05) is 5.32 Å². The van der Waals surface area contributed by atoms with Gasteiger partial charge in [-0.25, -0.2) is 14.4 Å². The molecule has 0 bridgehead atoms. The lowest BCUT2D eigenvalue weighted by Crippen LogP contribution is -2.03. The number of hydrogen-bond acceptors (Lipinski definition) is 4. The molecule has 0 aliphatic carbocycles. The first-order valence-corrected chi connectivity index (χ1v) is 7.36. The smallest absolute Gasteiger partial charge is 0.321 e. The highest BCUT2D eigenvalue weighted by Gasteiger charge is 2.17. The predicted octanol–water partition coefficient (Wildman–Crippen LogP) is 3.57. The minimum atomic E-state index is -0.330. The first-order chi connectivity index (χ1) is 11.7. The Morgan fingerprint density at radius 3 is 2.50 bits per heavy atom. The molecule has 3 aromatic rings. The maximum Gasteiger partial charge on any atom is 0.321 e. The minimum Gasteiger partial charge on any atom is -0.424 e. The van der Waals surface area contributed by atoms with Crippen molar-refractivity contribution < 1.29 is 13.9 Å². The summed E-state index contributed by atoms with van der Waals surface area (Å²) in [6, 6.07) is 11.6. The monoisotopic (exact) mass is 321 g/mol. The average Bonchev–Trinajstić information content (AvgIpc) is 2.97. The molecule has 0 saturated heterocycles. The van der Waals surface area contributed by atoms with Crippen LogP contribution in [0.25, 0.3) is 11.1 Å². The highest BCUT2D eigenvalue weighted by molar-refractivity contribution is 5.99. The van der Waals surface area contributed by atoms with Crippen molar-refractivity contribution >= 4 is 11.6 Å². The van der Waals surface area contributed by atoms with Crippen molar-refractivity contribution in [1.29, 1.82) is 0 Å². The number of aromatic nitrogens is 2. The molecule has 1 aromatic heterocycles. The summed E-state index contributed by atoms with van der Waals surface area (Å²) < 4.78 is 18.3. The Balaban J connectivity index is 1.55. The molecule has 1 aliphatic heterocycles. The molecule has 5 nitrogen and oxygen atoms in total. The van der Waals surface area contributed by atoms with Gasteiger partial charge in [-0.1, -0.05) is 6.07 Å². The summed E-state index contributed by atoms with van der Waals surface area (Å²) >= 11 is 0. The third-order valence-corrected chi connectivity index (χ3v) is 3.71. The summed E-state index contributed by atoms with van der Waals surface area (Å²) in [5, 5.41) is 2.80. The van der Waals surface area contributed by atoms with Crippen LogP contribution < -0.4 is 10.1 Å². The fraction of sp³-hybridized carbons (Fsp3) is 0.0556. The Hall–Kier alpha value is -3.28. The molecule has 0 radical (unpaired) electrons. The van der Waals surface area contributed by atoms with Crippen LogP contribution in [0, 0.1) is 5.82 Å². The van der Waals surface area contributed by atoms with Crippen LogP contribution in [0.5, 0.6) is 11.8 Å². The highest BCUT2D eigenvalue weighted by Crippen LogP contribution is 2.29. The summed E-state index contributed by atoms with van der Waals surface area (Å²) in [6.45, 7) is 0. The zero-order valence-electron chi connectivity index (χ0n) is 12.5. The van der Waals surface area contributed by atoms with Gasteiger partial charge in [-0.3, -0.25) is 4.79 Å². The Morgan fingerprint density at radius 1 is 1.00 bits per heavy atom. The molecule has 2 heterocycles. The summed E-state index contributed by atoms with van der Waals surface area (Å²) in [7, 11) is 0. The third-order valence-electron chi connectivity index (χ3n) is 3.71. The van der Waals surface area contributed by atoms with Gasteiger partial charge in [0.2, 0.25) is 5.91 Å². The van der Waals surface area contributed by atoms with Gasteiger partial charge in [0.05, 0.1) is 6.42 Å². The molecule has 0 atom stereocenters. The van der Waals surface area contributed by atoms with Crippen molar-refractivity contribution in [1.82, 2.24) is 9.97 Å². The summed E-state index contributed by atoms with van der Waals surface area (Å²) in [5.74, 6) is 0.135. The van der Waals surface area contributed by atoms with Crippen LogP contribution in [-0.2, 0) is 11.2 Å². The van der Waals surface area contributed by atoms with Gasteiger partial charge in [0.25, 0.3) is 0 Å². The number of carbonyl (C=O) groups excluding carboxylic acids is 1. The number of fused-ring (bicyclic) bond motifs is 1. The molecule has 6 heteroatoms. The normalized spacial score (nSPS) is 12.6. The number of carbonyl (C=O) groups is 1. The van der Waals surface area contributed by atoms with E-state index in [-0.39, 0.29) is 17.7 Å². The van der Waals surface area contributed by atoms with Crippen LogP contribution in [0.2, 0.25) is 0 Å². The number of nitrogens with zero attached hydrogens (tertiary/aromatic N) is 2. The molecule has 1 N–H and O–H groups in total. The highest BCUT2D eigenvalue weighted by atomic mass is 19.1. The Kier molecular flexibility index (Phi) is 3.42. The van der Waals surface area contributed by atoms with Gasteiger partial charge in [-0.2, -0.15) is 0 Å². The molecule has 0 saturated carbocycles. The van der Waals surface area contributed by atoms with E-state index in [0.717, 1.165) is 22.4 Å². The maximum absolute atomic E-state index is 12.9.